The van der Waals surface area contributed by atoms with E-state index in [2.05, 4.69) is 9.97 Å². The first-order chi connectivity index (χ1) is 7.49. The van der Waals surface area contributed by atoms with Crippen LogP contribution in [0.15, 0.2) is 12.3 Å². The van der Waals surface area contributed by atoms with Crippen molar-refractivity contribution in [2.45, 2.75) is 18.4 Å². The van der Waals surface area contributed by atoms with Crippen LogP contribution in [-0.2, 0) is 0 Å². The van der Waals surface area contributed by atoms with Gasteiger partial charge in [0.25, 0.3) is 0 Å². The van der Waals surface area contributed by atoms with Gasteiger partial charge in [0, 0.05) is 19.2 Å². The molecule has 16 heavy (non-hydrogen) atoms. The van der Waals surface area contributed by atoms with Crippen molar-refractivity contribution in [1.29, 1.82) is 0 Å². The van der Waals surface area contributed by atoms with Gasteiger partial charge in [0.05, 0.1) is 6.54 Å². The first-order valence-corrected chi connectivity index (χ1v) is 4.91. The Kier molecular flexibility index (Phi) is 2.64. The number of hydrogen-bond donors (Lipinski definition) is 3. The van der Waals surface area contributed by atoms with Crippen LogP contribution in [0, 0.1) is 0 Å². The van der Waals surface area contributed by atoms with Crippen molar-refractivity contribution in [1.82, 2.24) is 9.97 Å². The molecule has 0 bridgehead atoms. The maximum Gasteiger partial charge on any atom is 0.227 e. The number of nitrogen functional groups attached to an aromatic ring is 1. The third kappa shape index (κ3) is 2.05. The molecule has 2 heterocycles. The Bertz CT molecular complexity index is 388. The van der Waals surface area contributed by atoms with E-state index in [4.69, 9.17) is 5.73 Å². The number of hydrogen-bond acceptors (Lipinski definition) is 6. The van der Waals surface area contributed by atoms with E-state index in [9.17, 15) is 14.6 Å². The molecule has 0 aromatic carbocycles. The Hall–Kier alpha value is -1.47. The molecule has 0 amide bonds. The molecular formula is C9H13FN4O2. The summed E-state index contributed by atoms with van der Waals surface area (Å²) in [5.74, 6) is -1.65. The number of aliphatic hydroxyl groups is 2. The molecule has 0 aliphatic carbocycles. The lowest BCUT2D eigenvalue weighted by Gasteiger charge is -2.37. The number of halogens is 1. The Morgan fingerprint density at radius 2 is 2.31 bits per heavy atom. The highest BCUT2D eigenvalue weighted by Gasteiger charge is 2.40. The van der Waals surface area contributed by atoms with E-state index < -0.39 is 12.0 Å². The number of piperidine rings is 1. The molecule has 1 saturated heterocycles. The zero-order chi connectivity index (χ0) is 11.8. The van der Waals surface area contributed by atoms with Crippen molar-refractivity contribution < 1.29 is 14.6 Å². The minimum atomic E-state index is -2.25. The summed E-state index contributed by atoms with van der Waals surface area (Å²) in [4.78, 5) is 9.43. The molecule has 1 aromatic rings. The largest absolute Gasteiger partial charge is 0.384 e. The first-order valence-electron chi connectivity index (χ1n) is 4.91. The number of rotatable bonds is 1. The summed E-state index contributed by atoms with van der Waals surface area (Å²) in [7, 11) is 0. The lowest BCUT2D eigenvalue weighted by molar-refractivity contribution is -0.211. The third-order valence-electron chi connectivity index (χ3n) is 2.58. The Balaban J connectivity index is 2.14. The van der Waals surface area contributed by atoms with Crippen molar-refractivity contribution in [3.05, 3.63) is 12.3 Å². The van der Waals surface area contributed by atoms with Gasteiger partial charge in [-0.1, -0.05) is 0 Å². The van der Waals surface area contributed by atoms with Crippen molar-refractivity contribution >= 4 is 11.8 Å². The van der Waals surface area contributed by atoms with E-state index in [1.807, 2.05) is 0 Å². The predicted molar refractivity (Wildman–Crippen MR) is 55.3 cm³/mol. The summed E-state index contributed by atoms with van der Waals surface area (Å²) in [6.45, 7) is 0.118. The van der Waals surface area contributed by atoms with Crippen LogP contribution in [0.3, 0.4) is 0 Å². The van der Waals surface area contributed by atoms with Crippen LogP contribution in [0.4, 0.5) is 16.2 Å². The molecule has 1 aliphatic rings. The molecule has 0 radical (unpaired) electrons. The van der Waals surface area contributed by atoms with Crippen molar-refractivity contribution in [2.24, 2.45) is 0 Å². The van der Waals surface area contributed by atoms with E-state index in [1.54, 1.807) is 0 Å². The van der Waals surface area contributed by atoms with Crippen LogP contribution in [0.25, 0.3) is 0 Å². The van der Waals surface area contributed by atoms with Crippen LogP contribution in [0.1, 0.15) is 6.42 Å². The van der Waals surface area contributed by atoms with E-state index in [-0.39, 0.29) is 19.5 Å². The number of anilines is 2. The number of nitrogens with two attached hydrogens (primary N) is 1. The molecule has 88 valence electrons. The normalized spacial score (nSPS) is 24.4. The Labute approximate surface area is 91.5 Å². The average molecular weight is 228 g/mol. The molecule has 7 heteroatoms. The molecule has 4 N–H and O–H groups in total. The molecule has 1 aliphatic heterocycles. The van der Waals surface area contributed by atoms with Crippen LogP contribution in [-0.4, -0.2) is 45.2 Å². The van der Waals surface area contributed by atoms with Crippen molar-refractivity contribution in [3.63, 3.8) is 0 Å². The minimum Gasteiger partial charge on any atom is -0.384 e. The number of nitrogens with zero attached hydrogens (tertiary/aromatic N) is 3. The van der Waals surface area contributed by atoms with Gasteiger partial charge in [0.15, 0.2) is 12.0 Å². The van der Waals surface area contributed by atoms with Gasteiger partial charge in [0.2, 0.25) is 5.95 Å². The standard InChI is InChI=1S/C9H13FN4O2/c10-6-5-14(4-2-9(6,15)16)8-12-3-1-7(11)13-8/h1,3,6,15-16H,2,4-5H2,(H2,11,12,13)/t6-/m0/s1. The molecule has 0 saturated carbocycles. The van der Waals surface area contributed by atoms with E-state index in [0.717, 1.165) is 0 Å². The van der Waals surface area contributed by atoms with Crippen molar-refractivity contribution in [2.75, 3.05) is 23.7 Å². The number of aromatic nitrogens is 2. The van der Waals surface area contributed by atoms with Gasteiger partial charge in [-0.3, -0.25) is 0 Å². The lowest BCUT2D eigenvalue weighted by atomic mass is 10.0. The van der Waals surface area contributed by atoms with Gasteiger partial charge in [-0.05, 0) is 6.07 Å². The predicted octanol–water partition coefficient (Wildman–Crippen LogP) is -0.712. The highest BCUT2D eigenvalue weighted by molar-refractivity contribution is 5.38. The molecule has 1 atom stereocenters. The fourth-order valence-electron chi connectivity index (χ4n) is 1.58. The molecule has 0 unspecified atom stereocenters. The van der Waals surface area contributed by atoms with Gasteiger partial charge < -0.3 is 20.8 Å². The Morgan fingerprint density at radius 1 is 1.56 bits per heavy atom. The zero-order valence-electron chi connectivity index (χ0n) is 8.54. The zero-order valence-corrected chi connectivity index (χ0v) is 8.54. The monoisotopic (exact) mass is 228 g/mol. The number of alkyl halides is 1. The fraction of sp³-hybridized carbons (Fsp3) is 0.556. The fourth-order valence-corrected chi connectivity index (χ4v) is 1.58. The summed E-state index contributed by atoms with van der Waals surface area (Å²) < 4.78 is 13.4. The smallest absolute Gasteiger partial charge is 0.227 e. The maximum absolute atomic E-state index is 13.4. The average Bonchev–Trinajstić information content (AvgIpc) is 2.22. The SMILES string of the molecule is Nc1ccnc(N2CCC(O)(O)[C@@H](F)C2)n1. The summed E-state index contributed by atoms with van der Waals surface area (Å²) in [6.07, 6.45) is -0.358. The topological polar surface area (TPSA) is 95.5 Å². The second-order valence-electron chi connectivity index (χ2n) is 3.82. The van der Waals surface area contributed by atoms with Crippen LogP contribution >= 0.6 is 0 Å². The first kappa shape index (κ1) is 11.0. The van der Waals surface area contributed by atoms with Crippen LogP contribution in [0.2, 0.25) is 0 Å². The minimum absolute atomic E-state index is 0.0909. The highest BCUT2D eigenvalue weighted by atomic mass is 19.1. The molecular weight excluding hydrogens is 215 g/mol. The van der Waals surface area contributed by atoms with E-state index in [1.165, 1.54) is 17.2 Å². The van der Waals surface area contributed by atoms with Gasteiger partial charge >= 0.3 is 0 Å². The van der Waals surface area contributed by atoms with E-state index >= 15 is 0 Å². The quantitative estimate of drug-likeness (QED) is 0.549. The highest BCUT2D eigenvalue weighted by Crippen LogP contribution is 2.24. The van der Waals surface area contributed by atoms with Crippen molar-refractivity contribution in [3.8, 4) is 0 Å². The Morgan fingerprint density at radius 3 is 2.94 bits per heavy atom. The van der Waals surface area contributed by atoms with Crippen LogP contribution < -0.4 is 10.6 Å². The lowest BCUT2D eigenvalue weighted by Crippen LogP contribution is -2.54. The van der Waals surface area contributed by atoms with Gasteiger partial charge in [-0.2, -0.15) is 4.98 Å². The van der Waals surface area contributed by atoms with Gasteiger partial charge in [0.1, 0.15) is 5.82 Å². The van der Waals surface area contributed by atoms with Gasteiger partial charge in [-0.25, -0.2) is 9.37 Å². The maximum atomic E-state index is 13.4. The molecule has 6 nitrogen and oxygen atoms in total. The molecule has 0 spiro atoms. The molecule has 1 aromatic heterocycles. The summed E-state index contributed by atoms with van der Waals surface area (Å²) in [5, 5.41) is 18.5. The summed E-state index contributed by atoms with van der Waals surface area (Å²) in [6, 6.07) is 1.53. The second kappa shape index (κ2) is 3.84. The van der Waals surface area contributed by atoms with E-state index in [0.29, 0.717) is 11.8 Å². The summed E-state index contributed by atoms with van der Waals surface area (Å²) >= 11 is 0. The molecule has 1 fully saturated rings. The van der Waals surface area contributed by atoms with Crippen LogP contribution in [0.5, 0.6) is 0 Å². The summed E-state index contributed by atoms with van der Waals surface area (Å²) in [5.41, 5.74) is 5.48. The third-order valence-corrected chi connectivity index (χ3v) is 2.58. The second-order valence-corrected chi connectivity index (χ2v) is 3.82. The van der Waals surface area contributed by atoms with Gasteiger partial charge in [-0.15, -0.1) is 0 Å². The molecule has 2 rings (SSSR count).